The van der Waals surface area contributed by atoms with Crippen molar-refractivity contribution in [2.75, 3.05) is 13.2 Å². The number of hydrogen-bond acceptors (Lipinski definition) is 5. The van der Waals surface area contributed by atoms with Gasteiger partial charge in [0.1, 0.15) is 30.6 Å². The third kappa shape index (κ3) is 3.61. The highest BCUT2D eigenvalue weighted by molar-refractivity contribution is 7.18. The van der Waals surface area contributed by atoms with Crippen LogP contribution in [0.4, 0.5) is 0 Å². The minimum Gasteiger partial charge on any atom is -0.372 e. The topological polar surface area (TPSA) is 59.4 Å². The van der Waals surface area contributed by atoms with Gasteiger partial charge < -0.3 is 14.6 Å². The number of ether oxygens (including phenoxy) is 1. The van der Waals surface area contributed by atoms with Crippen LogP contribution in [0, 0.1) is 0 Å². The van der Waals surface area contributed by atoms with Crippen molar-refractivity contribution in [2.45, 2.75) is 51.3 Å². The van der Waals surface area contributed by atoms with Crippen molar-refractivity contribution in [3.8, 4) is 0 Å². The van der Waals surface area contributed by atoms with E-state index < -0.39 is 0 Å². The highest BCUT2D eigenvalue weighted by Gasteiger charge is 2.25. The average molecular weight is 403 g/mol. The summed E-state index contributed by atoms with van der Waals surface area (Å²) in [5.74, 6) is 0.803. The van der Waals surface area contributed by atoms with Crippen LogP contribution in [0.2, 0.25) is 0 Å². The van der Waals surface area contributed by atoms with Crippen molar-refractivity contribution in [1.29, 1.82) is 0 Å². The number of aromatic nitrogens is 2. The molecular weight excluding hydrogens is 378 g/mol. The van der Waals surface area contributed by atoms with Crippen LogP contribution in [0.1, 0.15) is 40.4 Å². The summed E-state index contributed by atoms with van der Waals surface area (Å²) in [7, 11) is 0. The van der Waals surface area contributed by atoms with Gasteiger partial charge in [-0.1, -0.05) is 6.07 Å². The lowest BCUT2D eigenvalue weighted by Gasteiger charge is -2.21. The van der Waals surface area contributed by atoms with Gasteiger partial charge in [0.25, 0.3) is 5.56 Å². The zero-order chi connectivity index (χ0) is 18.2. The fourth-order valence-electron chi connectivity index (χ4n) is 4.36. The Morgan fingerprint density at radius 1 is 1.30 bits per heavy atom. The molecule has 7 heteroatoms. The first-order valence-corrected chi connectivity index (χ1v) is 11.5. The van der Waals surface area contributed by atoms with Gasteiger partial charge in [-0.2, -0.15) is 0 Å². The first-order chi connectivity index (χ1) is 13.3. The monoisotopic (exact) mass is 402 g/mol. The number of thiophene rings is 2. The lowest BCUT2D eigenvalue weighted by Crippen LogP contribution is -3.10. The molecule has 0 radical (unpaired) electrons. The van der Waals surface area contributed by atoms with E-state index in [9.17, 15) is 4.79 Å². The molecule has 2 aliphatic rings. The number of hydrogen-bond donors (Lipinski definition) is 2. The molecule has 0 saturated carbocycles. The highest BCUT2D eigenvalue weighted by atomic mass is 32.1. The molecule has 1 saturated heterocycles. The van der Waals surface area contributed by atoms with Gasteiger partial charge in [-0.25, -0.2) is 4.98 Å². The Morgan fingerprint density at radius 2 is 2.26 bits per heavy atom. The molecule has 0 amide bonds. The summed E-state index contributed by atoms with van der Waals surface area (Å²) in [5.41, 5.74) is 1.29. The summed E-state index contributed by atoms with van der Waals surface area (Å²) in [4.78, 5) is 25.7. The third-order valence-corrected chi connectivity index (χ3v) is 7.65. The van der Waals surface area contributed by atoms with Crippen molar-refractivity contribution in [2.24, 2.45) is 0 Å². The molecule has 0 aromatic carbocycles. The van der Waals surface area contributed by atoms with E-state index in [2.05, 4.69) is 22.5 Å². The van der Waals surface area contributed by atoms with Crippen molar-refractivity contribution in [1.82, 2.24) is 9.97 Å². The SMILES string of the molecule is O=c1[nH]c(C[NH+](Cc2cccs2)C[C@H]2CCCO2)nc2sc3c(c12)CCC3. The Labute approximate surface area is 166 Å². The molecule has 3 aromatic heterocycles. The molecule has 1 aliphatic carbocycles. The number of nitrogens with zero attached hydrogens (tertiary/aromatic N) is 1. The fraction of sp³-hybridized carbons (Fsp3) is 0.500. The van der Waals surface area contributed by atoms with E-state index in [1.54, 1.807) is 22.7 Å². The van der Waals surface area contributed by atoms with E-state index in [-0.39, 0.29) is 5.56 Å². The number of fused-ring (bicyclic) bond motifs is 3. The zero-order valence-corrected chi connectivity index (χ0v) is 16.9. The summed E-state index contributed by atoms with van der Waals surface area (Å²) < 4.78 is 5.87. The average Bonchev–Trinajstić information content (AvgIpc) is 3.39. The minimum absolute atomic E-state index is 0.0435. The summed E-state index contributed by atoms with van der Waals surface area (Å²) in [6.07, 6.45) is 5.89. The molecule has 142 valence electrons. The Morgan fingerprint density at radius 3 is 3.07 bits per heavy atom. The van der Waals surface area contributed by atoms with E-state index in [1.165, 1.54) is 26.6 Å². The molecule has 2 atom stereocenters. The number of nitrogens with one attached hydrogen (secondary N) is 2. The zero-order valence-electron chi connectivity index (χ0n) is 15.3. The van der Waals surface area contributed by atoms with Crippen LogP contribution in [-0.4, -0.2) is 29.2 Å². The Bertz CT molecular complexity index is 987. The Hall–Kier alpha value is -1.54. The largest absolute Gasteiger partial charge is 0.372 e. The molecule has 5 nitrogen and oxygen atoms in total. The van der Waals surface area contributed by atoms with Crippen LogP contribution >= 0.6 is 22.7 Å². The highest BCUT2D eigenvalue weighted by Crippen LogP contribution is 2.34. The van der Waals surface area contributed by atoms with Crippen molar-refractivity contribution in [3.05, 3.63) is 49.0 Å². The first kappa shape index (κ1) is 17.6. The Kier molecular flexibility index (Phi) is 4.85. The molecule has 0 spiro atoms. The summed E-state index contributed by atoms with van der Waals surface area (Å²) >= 11 is 3.51. The fourth-order valence-corrected chi connectivity index (χ4v) is 6.42. The maximum Gasteiger partial charge on any atom is 0.260 e. The molecule has 5 rings (SSSR count). The molecule has 27 heavy (non-hydrogen) atoms. The molecule has 4 heterocycles. The Balaban J connectivity index is 1.41. The van der Waals surface area contributed by atoms with Gasteiger partial charge in [-0.15, -0.1) is 22.7 Å². The maximum atomic E-state index is 12.7. The molecular formula is C20H24N3O2S2+. The quantitative estimate of drug-likeness (QED) is 0.665. The second-order valence-electron chi connectivity index (χ2n) is 7.57. The van der Waals surface area contributed by atoms with Crippen LogP contribution in [0.5, 0.6) is 0 Å². The standard InChI is InChI=1S/C20H23N3O2S2/c24-19-18-15-6-1-7-16(15)27-20(18)22-17(21-19)12-23(10-13-4-2-8-25-13)11-14-5-3-9-26-14/h3,5,9,13H,1-2,4,6-8,10-12H2,(H,21,22,24)/p+1/t13-/m1/s1. The minimum atomic E-state index is 0.0435. The number of aryl methyl sites for hydroxylation is 2. The third-order valence-electron chi connectivity index (χ3n) is 5.59. The van der Waals surface area contributed by atoms with E-state index in [1.807, 2.05) is 0 Å². The summed E-state index contributed by atoms with van der Waals surface area (Å²) in [5, 5.41) is 2.97. The molecule has 2 N–H and O–H groups in total. The molecule has 0 bridgehead atoms. The normalized spacial score (nSPS) is 20.4. The second-order valence-corrected chi connectivity index (χ2v) is 9.69. The van der Waals surface area contributed by atoms with Crippen LogP contribution in [0.25, 0.3) is 10.2 Å². The van der Waals surface area contributed by atoms with Crippen LogP contribution in [0.15, 0.2) is 22.3 Å². The van der Waals surface area contributed by atoms with Gasteiger partial charge in [-0.05, 0) is 49.1 Å². The van der Waals surface area contributed by atoms with Gasteiger partial charge >= 0.3 is 0 Å². The van der Waals surface area contributed by atoms with E-state index in [4.69, 9.17) is 9.72 Å². The summed E-state index contributed by atoms with van der Waals surface area (Å²) in [6, 6.07) is 4.28. The molecule has 1 aliphatic heterocycles. The summed E-state index contributed by atoms with van der Waals surface area (Å²) in [6.45, 7) is 3.51. The smallest absolute Gasteiger partial charge is 0.260 e. The molecule has 1 fully saturated rings. The maximum absolute atomic E-state index is 12.7. The van der Waals surface area contributed by atoms with Gasteiger partial charge in [0, 0.05) is 11.5 Å². The van der Waals surface area contributed by atoms with Crippen molar-refractivity contribution >= 4 is 32.9 Å². The van der Waals surface area contributed by atoms with Crippen LogP contribution in [0.3, 0.4) is 0 Å². The van der Waals surface area contributed by atoms with Crippen molar-refractivity contribution in [3.63, 3.8) is 0 Å². The second kappa shape index (κ2) is 7.47. The van der Waals surface area contributed by atoms with E-state index in [0.717, 1.165) is 68.0 Å². The van der Waals surface area contributed by atoms with Gasteiger partial charge in [-0.3, -0.25) is 4.79 Å². The number of H-pyrrole nitrogens is 1. The van der Waals surface area contributed by atoms with Crippen molar-refractivity contribution < 1.29 is 9.64 Å². The number of aromatic amines is 1. The van der Waals surface area contributed by atoms with Gasteiger partial charge in [0.2, 0.25) is 0 Å². The number of rotatable bonds is 6. The predicted octanol–water partition coefficient (Wildman–Crippen LogP) is 2.30. The van der Waals surface area contributed by atoms with E-state index in [0.29, 0.717) is 6.10 Å². The molecule has 3 aromatic rings. The predicted molar refractivity (Wildman–Crippen MR) is 109 cm³/mol. The first-order valence-electron chi connectivity index (χ1n) is 9.77. The lowest BCUT2D eigenvalue weighted by molar-refractivity contribution is -0.930. The lowest BCUT2D eigenvalue weighted by atomic mass is 10.2. The molecule has 1 unspecified atom stereocenters. The number of quaternary nitrogens is 1. The van der Waals surface area contributed by atoms with Crippen LogP contribution in [-0.2, 0) is 30.7 Å². The van der Waals surface area contributed by atoms with Gasteiger partial charge in [0.05, 0.1) is 10.3 Å². The van der Waals surface area contributed by atoms with Crippen LogP contribution < -0.4 is 10.5 Å². The van der Waals surface area contributed by atoms with Gasteiger partial charge in [0.15, 0.2) is 5.82 Å². The van der Waals surface area contributed by atoms with E-state index >= 15 is 0 Å².